The van der Waals surface area contributed by atoms with Gasteiger partial charge in [-0.1, -0.05) is 6.07 Å². The molecule has 3 rings (SSSR count). The summed E-state index contributed by atoms with van der Waals surface area (Å²) < 4.78 is 0. The van der Waals surface area contributed by atoms with Crippen LogP contribution in [0.3, 0.4) is 0 Å². The molecule has 1 aromatic carbocycles. The molecular weight excluding hydrogens is 264 g/mol. The van der Waals surface area contributed by atoms with E-state index in [1.54, 1.807) is 12.1 Å². The minimum absolute atomic E-state index is 0.0711. The number of piperidine rings is 1. The maximum absolute atomic E-state index is 12.9. The van der Waals surface area contributed by atoms with Gasteiger partial charge in [0.2, 0.25) is 0 Å². The van der Waals surface area contributed by atoms with Crippen molar-refractivity contribution >= 4 is 5.91 Å². The van der Waals surface area contributed by atoms with Crippen LogP contribution in [0.2, 0.25) is 0 Å². The van der Waals surface area contributed by atoms with Gasteiger partial charge >= 0.3 is 0 Å². The first-order chi connectivity index (χ1) is 10.2. The highest BCUT2D eigenvalue weighted by molar-refractivity contribution is 5.96. The molecule has 1 aromatic rings. The largest absolute Gasteiger partial charge is 0.508 e. The van der Waals surface area contributed by atoms with Gasteiger partial charge in [-0.25, -0.2) is 0 Å². The molecule has 4 nitrogen and oxygen atoms in total. The Hall–Kier alpha value is -1.55. The number of rotatable bonds is 2. The quantitative estimate of drug-likeness (QED) is 0.879. The number of nitrogens with one attached hydrogen (secondary N) is 1. The van der Waals surface area contributed by atoms with Crippen LogP contribution in [0.5, 0.6) is 5.75 Å². The molecule has 114 valence electrons. The summed E-state index contributed by atoms with van der Waals surface area (Å²) in [5, 5.41) is 13.4. The van der Waals surface area contributed by atoms with Gasteiger partial charge in [0.1, 0.15) is 5.75 Å². The number of benzene rings is 1. The lowest BCUT2D eigenvalue weighted by atomic mass is 9.93. The van der Waals surface area contributed by atoms with Gasteiger partial charge in [0, 0.05) is 29.8 Å². The normalized spacial score (nSPS) is 26.0. The van der Waals surface area contributed by atoms with Crippen LogP contribution in [0.1, 0.15) is 48.0 Å². The van der Waals surface area contributed by atoms with Gasteiger partial charge in [0.05, 0.1) is 0 Å². The van der Waals surface area contributed by atoms with Crippen molar-refractivity contribution in [3.63, 3.8) is 0 Å². The molecule has 0 radical (unpaired) electrons. The Labute approximate surface area is 126 Å². The Balaban J connectivity index is 1.85. The fourth-order valence-electron chi connectivity index (χ4n) is 3.68. The second kappa shape index (κ2) is 6.06. The van der Waals surface area contributed by atoms with Crippen LogP contribution < -0.4 is 5.32 Å². The number of likely N-dealkylation sites (tertiary alicyclic amines) is 1. The smallest absolute Gasteiger partial charge is 0.254 e. The molecule has 2 aliphatic heterocycles. The standard InChI is InChI=1S/C17H24N2O2/c1-12-13(6-4-9-16(12)20)17(21)19-11-3-2-8-15(19)14-7-5-10-18-14/h4,6,9,14-15,18,20H,2-3,5,7-8,10-11H2,1H3. The topological polar surface area (TPSA) is 52.6 Å². The number of aromatic hydroxyl groups is 1. The summed E-state index contributed by atoms with van der Waals surface area (Å²) >= 11 is 0. The van der Waals surface area contributed by atoms with E-state index in [1.165, 1.54) is 12.8 Å². The van der Waals surface area contributed by atoms with Crippen LogP contribution in [0, 0.1) is 6.92 Å². The first-order valence-corrected chi connectivity index (χ1v) is 8.01. The molecule has 2 heterocycles. The number of hydrogen-bond donors (Lipinski definition) is 2. The summed E-state index contributed by atoms with van der Waals surface area (Å²) in [6.07, 6.45) is 5.72. The molecule has 0 spiro atoms. The Morgan fingerprint density at radius 3 is 2.90 bits per heavy atom. The highest BCUT2D eigenvalue weighted by atomic mass is 16.3. The number of nitrogens with zero attached hydrogens (tertiary/aromatic N) is 1. The van der Waals surface area contributed by atoms with Crippen LogP contribution in [0.25, 0.3) is 0 Å². The van der Waals surface area contributed by atoms with Gasteiger partial charge in [-0.3, -0.25) is 4.79 Å². The van der Waals surface area contributed by atoms with E-state index in [1.807, 2.05) is 17.9 Å². The van der Waals surface area contributed by atoms with E-state index in [-0.39, 0.29) is 11.7 Å². The Morgan fingerprint density at radius 2 is 2.14 bits per heavy atom. The fourth-order valence-corrected chi connectivity index (χ4v) is 3.68. The molecule has 2 aliphatic rings. The third-order valence-corrected chi connectivity index (χ3v) is 4.91. The van der Waals surface area contributed by atoms with Crippen molar-refractivity contribution in [1.82, 2.24) is 10.2 Å². The number of phenolic OH excluding ortho intramolecular Hbond substituents is 1. The summed E-state index contributed by atoms with van der Waals surface area (Å²) in [6.45, 7) is 3.71. The zero-order valence-corrected chi connectivity index (χ0v) is 12.6. The molecule has 0 bridgehead atoms. The highest BCUT2D eigenvalue weighted by Gasteiger charge is 2.35. The minimum atomic E-state index is 0.0711. The second-order valence-electron chi connectivity index (χ2n) is 6.21. The van der Waals surface area contributed by atoms with E-state index in [2.05, 4.69) is 5.32 Å². The van der Waals surface area contributed by atoms with E-state index in [0.29, 0.717) is 23.2 Å². The summed E-state index contributed by atoms with van der Waals surface area (Å²) in [4.78, 5) is 15.0. The highest BCUT2D eigenvalue weighted by Crippen LogP contribution is 2.28. The van der Waals surface area contributed by atoms with E-state index in [0.717, 1.165) is 32.4 Å². The number of amides is 1. The lowest BCUT2D eigenvalue weighted by Crippen LogP contribution is -2.52. The van der Waals surface area contributed by atoms with Crippen LogP contribution in [-0.2, 0) is 0 Å². The maximum Gasteiger partial charge on any atom is 0.254 e. The lowest BCUT2D eigenvalue weighted by Gasteiger charge is -2.39. The first-order valence-electron chi connectivity index (χ1n) is 8.01. The average molecular weight is 288 g/mol. The van der Waals surface area contributed by atoms with Crippen molar-refractivity contribution in [3.05, 3.63) is 29.3 Å². The predicted molar refractivity (Wildman–Crippen MR) is 82.5 cm³/mol. The summed E-state index contributed by atoms with van der Waals surface area (Å²) in [7, 11) is 0. The van der Waals surface area contributed by atoms with Crippen molar-refractivity contribution in [2.24, 2.45) is 0 Å². The lowest BCUT2D eigenvalue weighted by molar-refractivity contribution is 0.0562. The van der Waals surface area contributed by atoms with E-state index in [4.69, 9.17) is 0 Å². The minimum Gasteiger partial charge on any atom is -0.508 e. The molecule has 21 heavy (non-hydrogen) atoms. The number of carbonyl (C=O) groups is 1. The van der Waals surface area contributed by atoms with Gasteiger partial charge in [-0.2, -0.15) is 0 Å². The SMILES string of the molecule is Cc1c(O)cccc1C(=O)N1CCCCC1C1CCCN1. The predicted octanol–water partition coefficient (Wildman–Crippen LogP) is 2.45. The number of hydrogen-bond acceptors (Lipinski definition) is 3. The third kappa shape index (κ3) is 2.77. The molecule has 2 atom stereocenters. The number of phenols is 1. The molecule has 0 aliphatic carbocycles. The first kappa shape index (κ1) is 14.4. The van der Waals surface area contributed by atoms with Crippen molar-refractivity contribution in [3.8, 4) is 5.75 Å². The third-order valence-electron chi connectivity index (χ3n) is 4.91. The van der Waals surface area contributed by atoms with Crippen LogP contribution in [-0.4, -0.2) is 41.1 Å². The summed E-state index contributed by atoms with van der Waals surface area (Å²) in [5.74, 6) is 0.273. The molecule has 1 amide bonds. The zero-order valence-electron chi connectivity index (χ0n) is 12.6. The molecule has 0 aromatic heterocycles. The van der Waals surface area contributed by atoms with Gasteiger partial charge in [-0.05, 0) is 57.7 Å². The fraction of sp³-hybridized carbons (Fsp3) is 0.588. The Morgan fingerprint density at radius 1 is 1.29 bits per heavy atom. The maximum atomic E-state index is 12.9. The molecular formula is C17H24N2O2. The summed E-state index contributed by atoms with van der Waals surface area (Å²) in [6, 6.07) is 5.95. The number of carbonyl (C=O) groups excluding carboxylic acids is 1. The van der Waals surface area contributed by atoms with Crippen LogP contribution in [0.15, 0.2) is 18.2 Å². The van der Waals surface area contributed by atoms with E-state index >= 15 is 0 Å². The van der Waals surface area contributed by atoms with Crippen molar-refractivity contribution < 1.29 is 9.90 Å². The second-order valence-corrected chi connectivity index (χ2v) is 6.21. The van der Waals surface area contributed by atoms with Gasteiger partial charge in [0.25, 0.3) is 5.91 Å². The average Bonchev–Trinajstić information content (AvgIpc) is 3.03. The van der Waals surface area contributed by atoms with Crippen molar-refractivity contribution in [2.45, 2.75) is 51.1 Å². The molecule has 2 fully saturated rings. The summed E-state index contributed by atoms with van der Waals surface area (Å²) in [5.41, 5.74) is 1.33. The Kier molecular flexibility index (Phi) is 4.15. The molecule has 2 saturated heterocycles. The molecule has 4 heteroatoms. The van der Waals surface area contributed by atoms with Crippen molar-refractivity contribution in [2.75, 3.05) is 13.1 Å². The van der Waals surface area contributed by atoms with Gasteiger partial charge < -0.3 is 15.3 Å². The van der Waals surface area contributed by atoms with E-state index in [9.17, 15) is 9.90 Å². The Bertz CT molecular complexity index is 524. The molecule has 0 saturated carbocycles. The van der Waals surface area contributed by atoms with Crippen LogP contribution in [0.4, 0.5) is 0 Å². The molecule has 2 unspecified atom stereocenters. The van der Waals surface area contributed by atoms with Crippen molar-refractivity contribution in [1.29, 1.82) is 0 Å². The monoisotopic (exact) mass is 288 g/mol. The van der Waals surface area contributed by atoms with Gasteiger partial charge in [0.15, 0.2) is 0 Å². The zero-order chi connectivity index (χ0) is 14.8. The van der Waals surface area contributed by atoms with E-state index < -0.39 is 0 Å². The van der Waals surface area contributed by atoms with Gasteiger partial charge in [-0.15, -0.1) is 0 Å². The molecule has 2 N–H and O–H groups in total. The van der Waals surface area contributed by atoms with Crippen LogP contribution >= 0.6 is 0 Å².